The second-order valence-electron chi connectivity index (χ2n) is 11.5. The summed E-state index contributed by atoms with van der Waals surface area (Å²) in [6, 6.07) is 32.2. The van der Waals surface area contributed by atoms with Crippen molar-refractivity contribution >= 4 is 5.69 Å². The quantitative estimate of drug-likeness (QED) is 0.204. The van der Waals surface area contributed by atoms with Crippen LogP contribution in [-0.2, 0) is 38.8 Å². The first-order valence-electron chi connectivity index (χ1n) is 15.0. The van der Waals surface area contributed by atoms with E-state index in [1.807, 2.05) is 44.4 Å². The van der Waals surface area contributed by atoms with Crippen molar-refractivity contribution in [3.63, 3.8) is 0 Å². The Labute approximate surface area is 246 Å². The van der Waals surface area contributed by atoms with Gasteiger partial charge in [-0.25, -0.2) is 0 Å². The number of nitrogens with zero attached hydrogens (tertiary/aromatic N) is 2. The maximum absolute atomic E-state index is 11.6. The fourth-order valence-electron chi connectivity index (χ4n) is 6.10. The average Bonchev–Trinajstić information content (AvgIpc) is 3.42. The minimum Gasteiger partial charge on any atom is -0.487 e. The number of fused-ring (bicyclic) bond motifs is 1. The highest BCUT2D eigenvalue weighted by atomic mass is 16.5. The maximum atomic E-state index is 11.6. The minimum absolute atomic E-state index is 0.360. The Kier molecular flexibility index (Phi) is 9.43. The number of hydrogen-bond acceptors (Lipinski definition) is 4. The van der Waals surface area contributed by atoms with Crippen LogP contribution in [0.15, 0.2) is 91.0 Å². The van der Waals surface area contributed by atoms with Crippen LogP contribution in [0.1, 0.15) is 58.9 Å². The molecule has 5 rings (SSSR count). The van der Waals surface area contributed by atoms with Crippen molar-refractivity contribution in [3.8, 4) is 5.75 Å². The zero-order chi connectivity index (χ0) is 28.8. The first-order valence-corrected chi connectivity index (χ1v) is 15.0. The van der Waals surface area contributed by atoms with Crippen molar-refractivity contribution in [1.82, 2.24) is 4.90 Å². The fourth-order valence-corrected chi connectivity index (χ4v) is 6.10. The Bertz CT molecular complexity index is 1390. The van der Waals surface area contributed by atoms with Crippen LogP contribution >= 0.6 is 0 Å². The zero-order valence-electron chi connectivity index (χ0n) is 25.0. The second-order valence-corrected chi connectivity index (χ2v) is 11.5. The molecule has 0 bridgehead atoms. The summed E-state index contributed by atoms with van der Waals surface area (Å²) in [7, 11) is 4.04. The average molecular weight is 549 g/mol. The molecule has 1 aliphatic rings. The Morgan fingerprint density at radius 2 is 1.37 bits per heavy atom. The summed E-state index contributed by atoms with van der Waals surface area (Å²) in [5.74, 6) is 0.820. The van der Waals surface area contributed by atoms with Gasteiger partial charge < -0.3 is 14.7 Å². The molecule has 0 radical (unpaired) electrons. The summed E-state index contributed by atoms with van der Waals surface area (Å²) < 4.78 is 6.20. The van der Waals surface area contributed by atoms with E-state index in [-0.39, 0.29) is 0 Å². The van der Waals surface area contributed by atoms with E-state index in [0.29, 0.717) is 19.2 Å². The van der Waals surface area contributed by atoms with E-state index in [2.05, 4.69) is 84.3 Å². The van der Waals surface area contributed by atoms with Crippen molar-refractivity contribution in [3.05, 3.63) is 130 Å². The van der Waals surface area contributed by atoms with E-state index in [0.717, 1.165) is 54.8 Å². The van der Waals surface area contributed by atoms with Gasteiger partial charge in [-0.3, -0.25) is 4.90 Å². The molecular formula is C37H44N2O2. The Morgan fingerprint density at radius 3 is 1.93 bits per heavy atom. The molecule has 4 heteroatoms. The molecule has 0 heterocycles. The first kappa shape index (κ1) is 28.9. The van der Waals surface area contributed by atoms with Crippen molar-refractivity contribution in [2.75, 3.05) is 25.5 Å². The molecule has 1 N–H and O–H groups in total. The van der Waals surface area contributed by atoms with E-state index in [4.69, 9.17) is 4.74 Å². The third-order valence-corrected chi connectivity index (χ3v) is 8.43. The lowest BCUT2D eigenvalue weighted by Gasteiger charge is -2.31. The number of aliphatic hydroxyl groups excluding tert-OH is 1. The number of ether oxygens (including phenoxy) is 1. The summed E-state index contributed by atoms with van der Waals surface area (Å²) in [6.45, 7) is 6.41. The number of hydrogen-bond donors (Lipinski definition) is 1. The summed E-state index contributed by atoms with van der Waals surface area (Å²) in [5, 5.41) is 11.6. The topological polar surface area (TPSA) is 35.9 Å². The molecule has 0 amide bonds. The number of aliphatic hydroxyl groups is 1. The molecule has 4 nitrogen and oxygen atoms in total. The van der Waals surface area contributed by atoms with E-state index < -0.39 is 6.10 Å². The molecule has 0 spiro atoms. The lowest BCUT2D eigenvalue weighted by Crippen LogP contribution is -2.38. The molecule has 0 aromatic heterocycles. The van der Waals surface area contributed by atoms with E-state index in [1.54, 1.807) is 0 Å². The summed E-state index contributed by atoms with van der Waals surface area (Å²) in [6.07, 6.45) is 3.60. The number of aryl methyl sites for hydroxylation is 2. The third-order valence-electron chi connectivity index (χ3n) is 8.43. The Hall–Kier alpha value is -3.60. The number of benzene rings is 4. The second kappa shape index (κ2) is 13.4. The molecule has 1 atom stereocenters. The van der Waals surface area contributed by atoms with Gasteiger partial charge in [0.1, 0.15) is 12.4 Å². The minimum atomic E-state index is -0.610. The normalized spacial score (nSPS) is 13.8. The molecule has 41 heavy (non-hydrogen) atoms. The van der Waals surface area contributed by atoms with Crippen molar-refractivity contribution in [2.24, 2.45) is 0 Å². The Balaban J connectivity index is 1.36. The van der Waals surface area contributed by atoms with Crippen LogP contribution in [0.5, 0.6) is 5.75 Å². The molecular weight excluding hydrogens is 504 g/mol. The van der Waals surface area contributed by atoms with Gasteiger partial charge in [0.25, 0.3) is 0 Å². The van der Waals surface area contributed by atoms with Crippen LogP contribution in [0, 0.1) is 0 Å². The van der Waals surface area contributed by atoms with Gasteiger partial charge in [0, 0.05) is 33.2 Å². The molecule has 4 aromatic carbocycles. The maximum Gasteiger partial charge on any atom is 0.143 e. The molecule has 0 aliphatic heterocycles. The summed E-state index contributed by atoms with van der Waals surface area (Å²) >= 11 is 0. The zero-order valence-corrected chi connectivity index (χ0v) is 25.0. The number of rotatable bonds is 12. The van der Waals surface area contributed by atoms with E-state index >= 15 is 0 Å². The van der Waals surface area contributed by atoms with Crippen LogP contribution in [-0.4, -0.2) is 36.7 Å². The van der Waals surface area contributed by atoms with Crippen LogP contribution in [0.25, 0.3) is 0 Å². The van der Waals surface area contributed by atoms with Crippen molar-refractivity contribution < 1.29 is 9.84 Å². The standard InChI is InChI=1S/C37H44N2O2/c1-5-29-19-32-21-34(22-33(32)20-30(29)6-2)39(24-27-13-9-7-10-14-27)25-36(40)31-17-18-37(35(23-31)38(3)4)41-26-28-15-11-8-12-16-28/h7-20,23,34,36,40H,5-6,21-22,24-26H2,1-4H3. The predicted molar refractivity (Wildman–Crippen MR) is 170 cm³/mol. The van der Waals surface area contributed by atoms with Gasteiger partial charge in [-0.05, 0) is 76.8 Å². The molecule has 4 aromatic rings. The molecule has 0 saturated heterocycles. The van der Waals surface area contributed by atoms with E-state index in [1.165, 1.54) is 27.8 Å². The lowest BCUT2D eigenvalue weighted by molar-refractivity contribution is 0.0835. The van der Waals surface area contributed by atoms with Crippen molar-refractivity contribution in [1.29, 1.82) is 0 Å². The van der Waals surface area contributed by atoms with Crippen LogP contribution in [0.2, 0.25) is 0 Å². The van der Waals surface area contributed by atoms with Crippen LogP contribution < -0.4 is 9.64 Å². The summed E-state index contributed by atoms with van der Waals surface area (Å²) in [4.78, 5) is 4.55. The molecule has 214 valence electrons. The molecule has 0 saturated carbocycles. The fraction of sp³-hybridized carbons (Fsp3) is 0.351. The Morgan fingerprint density at radius 1 is 0.780 bits per heavy atom. The third kappa shape index (κ3) is 7.01. The first-order chi connectivity index (χ1) is 19.9. The van der Waals surface area contributed by atoms with Gasteiger partial charge in [-0.2, -0.15) is 0 Å². The van der Waals surface area contributed by atoms with Crippen LogP contribution in [0.3, 0.4) is 0 Å². The van der Waals surface area contributed by atoms with Gasteiger partial charge in [0.2, 0.25) is 0 Å². The van der Waals surface area contributed by atoms with Gasteiger partial charge in [-0.1, -0.05) is 92.7 Å². The van der Waals surface area contributed by atoms with Gasteiger partial charge >= 0.3 is 0 Å². The largest absolute Gasteiger partial charge is 0.487 e. The SMILES string of the molecule is CCc1cc2c(cc1CC)CC(N(Cc1ccccc1)CC(O)c1ccc(OCc3ccccc3)c(N(C)C)c1)C2. The van der Waals surface area contributed by atoms with Gasteiger partial charge in [0.15, 0.2) is 0 Å². The van der Waals surface area contributed by atoms with E-state index in [9.17, 15) is 5.11 Å². The highest BCUT2D eigenvalue weighted by Crippen LogP contribution is 2.34. The highest BCUT2D eigenvalue weighted by molar-refractivity contribution is 5.59. The van der Waals surface area contributed by atoms with Gasteiger partial charge in [0.05, 0.1) is 11.8 Å². The smallest absolute Gasteiger partial charge is 0.143 e. The lowest BCUT2D eigenvalue weighted by atomic mass is 9.97. The highest BCUT2D eigenvalue weighted by Gasteiger charge is 2.29. The number of anilines is 1. The molecule has 1 aliphatic carbocycles. The predicted octanol–water partition coefficient (Wildman–Crippen LogP) is 7.16. The summed E-state index contributed by atoms with van der Waals surface area (Å²) in [5.41, 5.74) is 10.2. The monoisotopic (exact) mass is 548 g/mol. The van der Waals surface area contributed by atoms with Crippen molar-refractivity contribution in [2.45, 2.75) is 64.8 Å². The van der Waals surface area contributed by atoms with Crippen LogP contribution in [0.4, 0.5) is 5.69 Å². The van der Waals surface area contributed by atoms with Gasteiger partial charge in [-0.15, -0.1) is 0 Å². The molecule has 0 fully saturated rings. The molecule has 1 unspecified atom stereocenters.